The molecule has 2 aliphatic heterocycles. The maximum Gasteiger partial charge on any atom is 0.253 e. The maximum atomic E-state index is 12.8. The van der Waals surface area contributed by atoms with Crippen LogP contribution in [0.25, 0.3) is 0 Å². The third kappa shape index (κ3) is 4.64. The highest BCUT2D eigenvalue weighted by atomic mass is 16.3. The normalized spacial score (nSPS) is 19.3. The lowest BCUT2D eigenvalue weighted by Gasteiger charge is -2.36. The lowest BCUT2D eigenvalue weighted by Crippen LogP contribution is -2.47. The Morgan fingerprint density at radius 2 is 1.96 bits per heavy atom. The second-order valence-electron chi connectivity index (χ2n) is 8.23. The number of carbonyl (C=O) groups is 2. The predicted molar refractivity (Wildman–Crippen MR) is 101 cm³/mol. The highest BCUT2D eigenvalue weighted by Crippen LogP contribution is 2.23. The molecule has 2 amide bonds. The van der Waals surface area contributed by atoms with Crippen LogP contribution in [-0.2, 0) is 11.2 Å². The van der Waals surface area contributed by atoms with Gasteiger partial charge in [-0.15, -0.1) is 0 Å². The van der Waals surface area contributed by atoms with Crippen LogP contribution in [0.2, 0.25) is 0 Å². The number of hydrogen-bond acceptors (Lipinski definition) is 3. The Morgan fingerprint density at radius 3 is 2.58 bits per heavy atom. The van der Waals surface area contributed by atoms with Gasteiger partial charge in [0.1, 0.15) is 0 Å². The summed E-state index contributed by atoms with van der Waals surface area (Å²) in [5.41, 5.74) is 1.10. The van der Waals surface area contributed by atoms with E-state index >= 15 is 0 Å². The first-order valence-corrected chi connectivity index (χ1v) is 9.73. The van der Waals surface area contributed by atoms with Crippen LogP contribution >= 0.6 is 0 Å². The van der Waals surface area contributed by atoms with Crippen LogP contribution in [0.1, 0.15) is 61.9 Å². The summed E-state index contributed by atoms with van der Waals surface area (Å²) >= 11 is 0. The molecule has 5 heteroatoms. The summed E-state index contributed by atoms with van der Waals surface area (Å²) < 4.78 is 0. The average molecular weight is 358 g/mol. The van der Waals surface area contributed by atoms with Crippen LogP contribution in [-0.4, -0.2) is 58.0 Å². The Balaban J connectivity index is 1.57. The summed E-state index contributed by atoms with van der Waals surface area (Å²) in [5.74, 6) is 0.343. The predicted octanol–water partition coefficient (Wildman–Crippen LogP) is 2.62. The van der Waals surface area contributed by atoms with Crippen molar-refractivity contribution in [3.8, 4) is 0 Å². The van der Waals surface area contributed by atoms with Crippen LogP contribution in [0.15, 0.2) is 24.3 Å². The number of rotatable bonds is 5. The molecule has 2 heterocycles. The summed E-state index contributed by atoms with van der Waals surface area (Å²) in [5, 5.41) is 9.89. The number of piperidine rings is 1. The number of aliphatic hydroxyl groups is 1. The minimum Gasteiger partial charge on any atom is -0.390 e. The molecule has 1 aromatic rings. The van der Waals surface area contributed by atoms with Crippen LogP contribution in [0.5, 0.6) is 0 Å². The minimum absolute atomic E-state index is 0.0707. The summed E-state index contributed by atoms with van der Waals surface area (Å²) in [4.78, 5) is 28.7. The van der Waals surface area contributed by atoms with E-state index in [9.17, 15) is 14.7 Å². The van der Waals surface area contributed by atoms with Crippen molar-refractivity contribution in [3.05, 3.63) is 35.4 Å². The second-order valence-corrected chi connectivity index (χ2v) is 8.23. The highest BCUT2D eigenvalue weighted by molar-refractivity contribution is 5.94. The molecule has 1 N–H and O–H groups in total. The summed E-state index contributed by atoms with van der Waals surface area (Å²) in [6.45, 7) is 5.90. The largest absolute Gasteiger partial charge is 0.390 e. The van der Waals surface area contributed by atoms with Crippen LogP contribution in [0.4, 0.5) is 0 Å². The van der Waals surface area contributed by atoms with Crippen molar-refractivity contribution in [2.24, 2.45) is 0 Å². The smallest absolute Gasteiger partial charge is 0.253 e. The molecule has 1 aromatic carbocycles. The SMILES string of the molecule is CC(C)(O)CCc1cccc(C(=O)N2CCC(N3CCCC3=O)CC2)c1. The number of aryl methyl sites for hydroxylation is 1. The Bertz CT molecular complexity index is 657. The molecule has 2 saturated heterocycles. The fraction of sp³-hybridized carbons (Fsp3) is 0.619. The molecule has 0 radical (unpaired) electrons. The zero-order valence-corrected chi connectivity index (χ0v) is 15.9. The van der Waals surface area contributed by atoms with Gasteiger partial charge in [-0.1, -0.05) is 12.1 Å². The molecule has 0 bridgehead atoms. The third-order valence-electron chi connectivity index (χ3n) is 5.50. The van der Waals surface area contributed by atoms with Crippen molar-refractivity contribution >= 4 is 11.8 Å². The number of carbonyl (C=O) groups excluding carboxylic acids is 2. The van der Waals surface area contributed by atoms with Crippen LogP contribution in [0, 0.1) is 0 Å². The van der Waals surface area contributed by atoms with Crippen LogP contribution in [0.3, 0.4) is 0 Å². The average Bonchev–Trinajstić information content (AvgIpc) is 3.05. The topological polar surface area (TPSA) is 60.9 Å². The standard InChI is InChI=1S/C21H30N2O3/c1-21(2,26)11-8-16-5-3-6-17(15-16)20(25)22-13-9-18(10-14-22)23-12-4-7-19(23)24/h3,5-6,15,18,26H,4,7-14H2,1-2H3. The highest BCUT2D eigenvalue weighted by Gasteiger charge is 2.32. The number of benzene rings is 1. The Hall–Kier alpha value is -1.88. The van der Waals surface area contributed by atoms with Gasteiger partial charge in [0.15, 0.2) is 0 Å². The molecule has 0 aromatic heterocycles. The summed E-state index contributed by atoms with van der Waals surface area (Å²) in [6.07, 6.45) is 4.81. The summed E-state index contributed by atoms with van der Waals surface area (Å²) in [7, 11) is 0. The van der Waals surface area contributed by atoms with E-state index in [2.05, 4.69) is 0 Å². The van der Waals surface area contributed by atoms with Gasteiger partial charge in [0, 0.05) is 37.7 Å². The molecule has 5 nitrogen and oxygen atoms in total. The van der Waals surface area contributed by atoms with Crippen LogP contribution < -0.4 is 0 Å². The number of nitrogens with zero attached hydrogens (tertiary/aromatic N) is 2. The zero-order valence-electron chi connectivity index (χ0n) is 15.9. The molecule has 3 rings (SSSR count). The molecular weight excluding hydrogens is 328 g/mol. The van der Waals surface area contributed by atoms with Gasteiger partial charge in [0.2, 0.25) is 5.91 Å². The van der Waals surface area contributed by atoms with Crippen molar-refractivity contribution < 1.29 is 14.7 Å². The first-order valence-electron chi connectivity index (χ1n) is 9.73. The molecule has 0 unspecified atom stereocenters. The van der Waals surface area contributed by atoms with E-state index in [1.807, 2.05) is 34.1 Å². The third-order valence-corrected chi connectivity index (χ3v) is 5.50. The van der Waals surface area contributed by atoms with E-state index in [0.717, 1.165) is 37.8 Å². The van der Waals surface area contributed by atoms with Crippen molar-refractivity contribution in [1.29, 1.82) is 0 Å². The molecule has 26 heavy (non-hydrogen) atoms. The number of hydrogen-bond donors (Lipinski definition) is 1. The Labute approximate surface area is 156 Å². The zero-order chi connectivity index (χ0) is 18.7. The minimum atomic E-state index is -0.700. The molecule has 0 atom stereocenters. The van der Waals surface area contributed by atoms with Gasteiger partial charge >= 0.3 is 0 Å². The van der Waals surface area contributed by atoms with E-state index in [-0.39, 0.29) is 11.8 Å². The van der Waals surface area contributed by atoms with Gasteiger partial charge in [-0.2, -0.15) is 0 Å². The van der Waals surface area contributed by atoms with Gasteiger partial charge in [-0.3, -0.25) is 9.59 Å². The maximum absolute atomic E-state index is 12.8. The number of likely N-dealkylation sites (tertiary alicyclic amines) is 2. The Kier molecular flexibility index (Phi) is 5.66. The van der Waals surface area contributed by atoms with Gasteiger partial charge in [0.05, 0.1) is 5.60 Å². The van der Waals surface area contributed by atoms with Crippen molar-refractivity contribution in [1.82, 2.24) is 9.80 Å². The first-order chi connectivity index (χ1) is 12.3. The van der Waals surface area contributed by atoms with Crippen molar-refractivity contribution in [3.63, 3.8) is 0 Å². The molecule has 0 spiro atoms. The lowest BCUT2D eigenvalue weighted by molar-refractivity contribution is -0.130. The summed E-state index contributed by atoms with van der Waals surface area (Å²) in [6, 6.07) is 8.04. The monoisotopic (exact) mass is 358 g/mol. The van der Waals surface area contributed by atoms with Gasteiger partial charge in [0.25, 0.3) is 5.91 Å². The van der Waals surface area contributed by atoms with Gasteiger partial charge in [-0.25, -0.2) is 0 Å². The van der Waals surface area contributed by atoms with E-state index < -0.39 is 5.60 Å². The molecule has 142 valence electrons. The van der Waals surface area contributed by atoms with E-state index in [4.69, 9.17) is 0 Å². The van der Waals surface area contributed by atoms with Gasteiger partial charge in [-0.05, 0) is 63.6 Å². The fourth-order valence-electron chi connectivity index (χ4n) is 3.93. The molecule has 0 saturated carbocycles. The molecular formula is C21H30N2O3. The van der Waals surface area contributed by atoms with E-state index in [1.54, 1.807) is 13.8 Å². The van der Waals surface area contributed by atoms with Crippen molar-refractivity contribution in [2.45, 2.75) is 64.0 Å². The molecule has 0 aliphatic carbocycles. The fourth-order valence-corrected chi connectivity index (χ4v) is 3.93. The Morgan fingerprint density at radius 1 is 1.23 bits per heavy atom. The number of amides is 2. The van der Waals surface area contributed by atoms with Crippen molar-refractivity contribution in [2.75, 3.05) is 19.6 Å². The quantitative estimate of drug-likeness (QED) is 0.880. The molecule has 2 aliphatic rings. The molecule has 2 fully saturated rings. The van der Waals surface area contributed by atoms with Gasteiger partial charge < -0.3 is 14.9 Å². The second kappa shape index (κ2) is 7.78. The lowest BCUT2D eigenvalue weighted by atomic mass is 9.97. The van der Waals surface area contributed by atoms with E-state index in [1.165, 1.54) is 0 Å². The van der Waals surface area contributed by atoms with E-state index in [0.29, 0.717) is 37.5 Å². The first kappa shape index (κ1) is 18.9.